The molecule has 0 N–H and O–H groups in total. The van der Waals surface area contributed by atoms with E-state index in [1.165, 1.54) is 24.4 Å². The van der Waals surface area contributed by atoms with Gasteiger partial charge < -0.3 is 4.90 Å². The first-order chi connectivity index (χ1) is 13.6. The van der Waals surface area contributed by atoms with Gasteiger partial charge in [0.2, 0.25) is 5.78 Å². The molecule has 0 bridgehead atoms. The molecule has 29 heavy (non-hydrogen) atoms. The van der Waals surface area contributed by atoms with Crippen LogP contribution < -0.4 is 0 Å². The number of rotatable bonds is 5. The molecular weight excluding hydrogens is 410 g/mol. The van der Waals surface area contributed by atoms with E-state index in [-0.39, 0.29) is 16.2 Å². The van der Waals surface area contributed by atoms with Crippen LogP contribution in [0.25, 0.3) is 10.9 Å². The summed E-state index contributed by atoms with van der Waals surface area (Å²) in [6.45, 7) is 1.85. The Morgan fingerprint density at radius 2 is 1.79 bits per heavy atom. The number of ketones is 1. The number of fused-ring (bicyclic) bond motifs is 1. The van der Waals surface area contributed by atoms with Gasteiger partial charge in [-0.3, -0.25) is 4.79 Å². The molecule has 0 atom stereocenters. The monoisotopic (exact) mass is 427 g/mol. The minimum Gasteiger partial charge on any atom is -0.382 e. The molecule has 0 unspecified atom stereocenters. The fourth-order valence-corrected chi connectivity index (χ4v) is 4.62. The number of hydrogen-bond donors (Lipinski definition) is 0. The van der Waals surface area contributed by atoms with Crippen LogP contribution in [0.4, 0.5) is 0 Å². The van der Waals surface area contributed by atoms with Gasteiger partial charge in [0.15, 0.2) is 0 Å². The first-order valence-electron chi connectivity index (χ1n) is 8.61. The topological polar surface area (TPSA) is 83.2 Å². The third-order valence-corrected chi connectivity index (χ3v) is 6.24. The number of aryl methyl sites for hydroxylation is 1. The lowest BCUT2D eigenvalue weighted by atomic mass is 10.1. The van der Waals surface area contributed by atoms with E-state index in [0.717, 1.165) is 9.54 Å². The van der Waals surface area contributed by atoms with Crippen molar-refractivity contribution in [2.45, 2.75) is 11.8 Å². The zero-order valence-corrected chi connectivity index (χ0v) is 17.6. The van der Waals surface area contributed by atoms with E-state index in [4.69, 9.17) is 11.6 Å². The second kappa shape index (κ2) is 7.74. The summed E-state index contributed by atoms with van der Waals surface area (Å²) in [6, 6.07) is 14.3. The van der Waals surface area contributed by atoms with Crippen LogP contribution in [0.3, 0.4) is 0 Å². The molecule has 3 aromatic rings. The van der Waals surface area contributed by atoms with Gasteiger partial charge in [-0.25, -0.2) is 12.4 Å². The van der Waals surface area contributed by atoms with Gasteiger partial charge in [-0.15, -0.1) is 0 Å². The summed E-state index contributed by atoms with van der Waals surface area (Å²) in [5.41, 5.74) is 0.910. The van der Waals surface area contributed by atoms with Gasteiger partial charge in [0.25, 0.3) is 10.0 Å². The van der Waals surface area contributed by atoms with E-state index in [0.29, 0.717) is 15.9 Å². The number of allylic oxidation sites excluding steroid dienone is 1. The number of aromatic nitrogens is 1. The smallest absolute Gasteiger partial charge is 0.268 e. The minimum atomic E-state index is -4.10. The summed E-state index contributed by atoms with van der Waals surface area (Å²) in [6.07, 6.45) is 1.36. The summed E-state index contributed by atoms with van der Waals surface area (Å²) in [7, 11) is -0.756. The van der Waals surface area contributed by atoms with E-state index < -0.39 is 15.8 Å². The maximum absolute atomic E-state index is 13.4. The molecule has 0 radical (unpaired) electrons. The molecule has 1 aromatic heterocycles. The summed E-state index contributed by atoms with van der Waals surface area (Å²) in [5, 5.41) is 10.3. The quantitative estimate of drug-likeness (QED) is 0.349. The van der Waals surface area contributed by atoms with Crippen molar-refractivity contribution in [2.75, 3.05) is 14.1 Å². The second-order valence-corrected chi connectivity index (χ2v) is 8.99. The summed E-state index contributed by atoms with van der Waals surface area (Å²) in [5.74, 6) is -0.691. The summed E-state index contributed by atoms with van der Waals surface area (Å²) in [4.78, 5) is 14.7. The maximum Gasteiger partial charge on any atom is 0.268 e. The lowest BCUT2D eigenvalue weighted by molar-refractivity contribution is 0.103. The van der Waals surface area contributed by atoms with Gasteiger partial charge in [-0.2, -0.15) is 5.26 Å². The van der Waals surface area contributed by atoms with Gasteiger partial charge in [0.05, 0.1) is 10.4 Å². The van der Waals surface area contributed by atoms with Crippen molar-refractivity contribution in [1.82, 2.24) is 8.87 Å². The number of hydrogen-bond acceptors (Lipinski definition) is 5. The molecule has 2 aromatic carbocycles. The van der Waals surface area contributed by atoms with E-state index in [1.807, 2.05) is 13.0 Å². The SMILES string of the molecule is Cc1ccc(S(=O)(=O)n2c(C(=O)/C(C#N)=C/N(C)C)cc3cc(Cl)ccc32)cc1. The molecule has 148 valence electrons. The molecule has 0 saturated heterocycles. The van der Waals surface area contributed by atoms with Crippen LogP contribution in [0.2, 0.25) is 5.02 Å². The van der Waals surface area contributed by atoms with Gasteiger partial charge in [0, 0.05) is 30.7 Å². The van der Waals surface area contributed by atoms with Crippen molar-refractivity contribution >= 4 is 38.3 Å². The fraction of sp³-hybridized carbons (Fsp3) is 0.143. The van der Waals surface area contributed by atoms with Crippen LogP contribution in [0.15, 0.2) is 65.2 Å². The largest absolute Gasteiger partial charge is 0.382 e. The van der Waals surface area contributed by atoms with Crippen molar-refractivity contribution in [3.8, 4) is 6.07 Å². The third kappa shape index (κ3) is 3.90. The molecule has 0 saturated carbocycles. The number of nitrogens with zero attached hydrogens (tertiary/aromatic N) is 3. The Kier molecular flexibility index (Phi) is 5.51. The molecule has 3 rings (SSSR count). The number of carbonyl (C=O) groups is 1. The Hall–Kier alpha value is -3.08. The molecule has 1 heterocycles. The lowest BCUT2D eigenvalue weighted by Gasteiger charge is -2.12. The lowest BCUT2D eigenvalue weighted by Crippen LogP contribution is -2.20. The molecule has 0 fully saturated rings. The molecule has 0 amide bonds. The highest BCUT2D eigenvalue weighted by Crippen LogP contribution is 2.29. The average molecular weight is 428 g/mol. The number of benzene rings is 2. The Morgan fingerprint density at radius 3 is 2.38 bits per heavy atom. The standard InChI is InChI=1S/C21H18ClN3O3S/c1-14-4-7-18(8-5-14)29(27,28)25-19-9-6-17(22)10-15(19)11-20(25)21(26)16(12-23)13-24(2)3/h4-11,13H,1-3H3/b16-13+. The van der Waals surface area contributed by atoms with Crippen LogP contribution in [-0.2, 0) is 10.0 Å². The van der Waals surface area contributed by atoms with E-state index in [2.05, 4.69) is 0 Å². The van der Waals surface area contributed by atoms with E-state index >= 15 is 0 Å². The van der Waals surface area contributed by atoms with Crippen LogP contribution in [0.5, 0.6) is 0 Å². The highest BCUT2D eigenvalue weighted by Gasteiger charge is 2.28. The number of halogens is 1. The van der Waals surface area contributed by atoms with Crippen molar-refractivity contribution in [2.24, 2.45) is 0 Å². The number of nitriles is 1. The Bertz CT molecular complexity index is 1280. The Labute approximate surface area is 174 Å². The maximum atomic E-state index is 13.4. The molecule has 0 aliphatic heterocycles. The van der Waals surface area contributed by atoms with Crippen molar-refractivity contribution in [3.05, 3.63) is 76.6 Å². The van der Waals surface area contributed by atoms with Gasteiger partial charge in [-0.1, -0.05) is 29.3 Å². The molecular formula is C21H18ClN3O3S. The highest BCUT2D eigenvalue weighted by atomic mass is 35.5. The molecule has 8 heteroatoms. The Morgan fingerprint density at radius 1 is 1.14 bits per heavy atom. The zero-order valence-electron chi connectivity index (χ0n) is 16.0. The molecule has 0 aliphatic carbocycles. The number of carbonyl (C=O) groups excluding carboxylic acids is 1. The molecule has 6 nitrogen and oxygen atoms in total. The van der Waals surface area contributed by atoms with Crippen molar-refractivity contribution in [3.63, 3.8) is 0 Å². The summed E-state index contributed by atoms with van der Waals surface area (Å²) < 4.78 is 27.8. The molecule has 0 spiro atoms. The predicted molar refractivity (Wildman–Crippen MR) is 112 cm³/mol. The Balaban J connectivity index is 2.33. The van der Waals surface area contributed by atoms with E-state index in [1.54, 1.807) is 49.3 Å². The third-order valence-electron chi connectivity index (χ3n) is 4.26. The van der Waals surface area contributed by atoms with E-state index in [9.17, 15) is 18.5 Å². The highest BCUT2D eigenvalue weighted by molar-refractivity contribution is 7.90. The van der Waals surface area contributed by atoms with Crippen molar-refractivity contribution < 1.29 is 13.2 Å². The average Bonchev–Trinajstić information content (AvgIpc) is 3.05. The number of Topliss-reactive ketones (excluding diaryl/α,β-unsaturated/α-hetero) is 1. The minimum absolute atomic E-state index is 0.0414. The van der Waals surface area contributed by atoms with Crippen LogP contribution in [0, 0.1) is 18.3 Å². The van der Waals surface area contributed by atoms with Gasteiger partial charge in [-0.05, 0) is 43.3 Å². The zero-order chi connectivity index (χ0) is 21.3. The summed E-state index contributed by atoms with van der Waals surface area (Å²) >= 11 is 6.05. The normalized spacial score (nSPS) is 12.0. The second-order valence-electron chi connectivity index (χ2n) is 6.76. The van der Waals surface area contributed by atoms with Crippen LogP contribution in [0.1, 0.15) is 16.1 Å². The predicted octanol–water partition coefficient (Wildman–Crippen LogP) is 3.99. The van der Waals surface area contributed by atoms with Crippen LogP contribution >= 0.6 is 11.6 Å². The fourth-order valence-electron chi connectivity index (χ4n) is 2.93. The first kappa shape index (κ1) is 20.6. The first-order valence-corrected chi connectivity index (χ1v) is 10.4. The van der Waals surface area contributed by atoms with Gasteiger partial charge in [0.1, 0.15) is 17.3 Å². The van der Waals surface area contributed by atoms with Gasteiger partial charge >= 0.3 is 0 Å². The van der Waals surface area contributed by atoms with Crippen LogP contribution in [-0.4, -0.2) is 37.2 Å². The molecule has 0 aliphatic rings. The van der Waals surface area contributed by atoms with Crippen molar-refractivity contribution in [1.29, 1.82) is 5.26 Å².